The zero-order valence-corrected chi connectivity index (χ0v) is 18.5. The lowest BCUT2D eigenvalue weighted by atomic mass is 9.98. The molecule has 1 saturated heterocycles. The maximum Gasteiger partial charge on any atom is 0.259 e. The summed E-state index contributed by atoms with van der Waals surface area (Å²) in [5.74, 6) is 0.867. The van der Waals surface area contributed by atoms with E-state index in [1.54, 1.807) is 7.11 Å². The Hall–Kier alpha value is -2.64. The van der Waals surface area contributed by atoms with Crippen LogP contribution in [0.25, 0.3) is 11.1 Å². The summed E-state index contributed by atoms with van der Waals surface area (Å²) in [6.45, 7) is 7.95. The highest BCUT2D eigenvalue weighted by Gasteiger charge is 2.32. The van der Waals surface area contributed by atoms with Crippen LogP contribution < -0.4 is 10.1 Å². The predicted molar refractivity (Wildman–Crippen MR) is 118 cm³/mol. The molecule has 0 bridgehead atoms. The first-order valence-corrected chi connectivity index (χ1v) is 9.92. The monoisotopic (exact) mass is 430 g/mol. The first-order valence-electron chi connectivity index (χ1n) is 9.92. The Labute approximate surface area is 182 Å². The number of rotatable bonds is 4. The van der Waals surface area contributed by atoms with Crippen LogP contribution in [0.5, 0.6) is 5.75 Å². The molecule has 4 rings (SSSR count). The molecule has 1 atom stereocenters. The summed E-state index contributed by atoms with van der Waals surface area (Å²) in [6.07, 6.45) is 0. The third-order valence-electron chi connectivity index (χ3n) is 5.38. The Morgan fingerprint density at radius 1 is 1.33 bits per heavy atom. The van der Waals surface area contributed by atoms with Gasteiger partial charge in [-0.3, -0.25) is 4.79 Å². The number of benzene rings is 1. The molecule has 2 aromatic heterocycles. The molecule has 0 saturated carbocycles. The van der Waals surface area contributed by atoms with Crippen molar-refractivity contribution < 1.29 is 14.1 Å². The number of aryl methyl sites for hydroxylation is 1. The normalized spacial score (nSPS) is 16.6. The van der Waals surface area contributed by atoms with Gasteiger partial charge in [0, 0.05) is 30.9 Å². The molecule has 7 nitrogen and oxygen atoms in total. The van der Waals surface area contributed by atoms with Gasteiger partial charge in [-0.1, -0.05) is 37.2 Å². The molecule has 3 heterocycles. The van der Waals surface area contributed by atoms with Gasteiger partial charge in [-0.25, -0.2) is 4.98 Å². The summed E-state index contributed by atoms with van der Waals surface area (Å²) >= 11 is 0. The van der Waals surface area contributed by atoms with E-state index in [9.17, 15) is 4.79 Å². The average molecular weight is 431 g/mol. The molecule has 30 heavy (non-hydrogen) atoms. The maximum absolute atomic E-state index is 13.8. The highest BCUT2D eigenvalue weighted by Crippen LogP contribution is 2.34. The van der Waals surface area contributed by atoms with Gasteiger partial charge in [0.15, 0.2) is 0 Å². The van der Waals surface area contributed by atoms with Gasteiger partial charge >= 0.3 is 0 Å². The van der Waals surface area contributed by atoms with Crippen LogP contribution >= 0.6 is 12.4 Å². The molecule has 0 aliphatic carbocycles. The van der Waals surface area contributed by atoms with Crippen LogP contribution in [0.1, 0.15) is 53.1 Å². The zero-order valence-electron chi connectivity index (χ0n) is 17.6. The summed E-state index contributed by atoms with van der Waals surface area (Å²) in [6, 6.07) is 9.57. The Balaban J connectivity index is 0.00000256. The topological polar surface area (TPSA) is 80.5 Å². The fraction of sp³-hybridized carbons (Fsp3) is 0.409. The SMILES string of the molecule is COc1ccccc1C1CNCCN1C(=O)c1cc(C)nc2onc(C(C)C)c12.Cl. The van der Waals surface area contributed by atoms with E-state index in [-0.39, 0.29) is 30.3 Å². The number of carbonyl (C=O) groups is 1. The number of methoxy groups -OCH3 is 1. The zero-order chi connectivity index (χ0) is 20.5. The number of aromatic nitrogens is 2. The van der Waals surface area contributed by atoms with E-state index in [2.05, 4.69) is 15.5 Å². The van der Waals surface area contributed by atoms with E-state index < -0.39 is 0 Å². The van der Waals surface area contributed by atoms with Crippen LogP contribution in [0.4, 0.5) is 0 Å². The lowest BCUT2D eigenvalue weighted by Crippen LogP contribution is -2.48. The van der Waals surface area contributed by atoms with Crippen molar-refractivity contribution in [3.05, 3.63) is 52.8 Å². The van der Waals surface area contributed by atoms with Crippen molar-refractivity contribution in [1.82, 2.24) is 20.4 Å². The van der Waals surface area contributed by atoms with Crippen LogP contribution in [0, 0.1) is 6.92 Å². The number of halogens is 1. The number of ether oxygens (including phenoxy) is 1. The van der Waals surface area contributed by atoms with Crippen LogP contribution in [0.15, 0.2) is 34.9 Å². The number of piperazine rings is 1. The van der Waals surface area contributed by atoms with Gasteiger partial charge < -0.3 is 19.5 Å². The van der Waals surface area contributed by atoms with Crippen LogP contribution in [-0.2, 0) is 0 Å². The summed E-state index contributed by atoms with van der Waals surface area (Å²) in [7, 11) is 1.66. The van der Waals surface area contributed by atoms with Crippen LogP contribution in [0.3, 0.4) is 0 Å². The number of nitrogens with zero attached hydrogens (tertiary/aromatic N) is 3. The first-order chi connectivity index (χ1) is 14.0. The average Bonchev–Trinajstić information content (AvgIpc) is 3.16. The summed E-state index contributed by atoms with van der Waals surface area (Å²) < 4.78 is 11.0. The minimum Gasteiger partial charge on any atom is -0.496 e. The Morgan fingerprint density at radius 2 is 2.10 bits per heavy atom. The number of nitrogens with one attached hydrogen (secondary N) is 1. The lowest BCUT2D eigenvalue weighted by Gasteiger charge is -2.37. The number of para-hydroxylation sites is 1. The second-order valence-electron chi connectivity index (χ2n) is 7.67. The molecule has 3 aromatic rings. The van der Waals surface area contributed by atoms with E-state index >= 15 is 0 Å². The summed E-state index contributed by atoms with van der Waals surface area (Å²) in [5.41, 5.74) is 3.50. The van der Waals surface area contributed by atoms with Crippen molar-refractivity contribution in [3.8, 4) is 5.75 Å². The van der Waals surface area contributed by atoms with Crippen molar-refractivity contribution in [2.45, 2.75) is 32.7 Å². The number of fused-ring (bicyclic) bond motifs is 1. The largest absolute Gasteiger partial charge is 0.496 e. The quantitative estimate of drug-likeness (QED) is 0.676. The van der Waals surface area contributed by atoms with E-state index in [1.165, 1.54) is 0 Å². The maximum atomic E-state index is 13.8. The molecule has 1 aromatic carbocycles. The molecule has 1 amide bonds. The minimum absolute atomic E-state index is 0. The van der Waals surface area contributed by atoms with Gasteiger partial charge in [-0.2, -0.15) is 0 Å². The molecule has 160 valence electrons. The lowest BCUT2D eigenvalue weighted by molar-refractivity contribution is 0.0633. The molecule has 1 aliphatic rings. The van der Waals surface area contributed by atoms with Crippen molar-refractivity contribution >= 4 is 29.4 Å². The van der Waals surface area contributed by atoms with Crippen LogP contribution in [-0.4, -0.2) is 47.7 Å². The second-order valence-corrected chi connectivity index (χ2v) is 7.67. The minimum atomic E-state index is -0.127. The van der Waals surface area contributed by atoms with E-state index in [0.717, 1.165) is 29.2 Å². The third kappa shape index (κ3) is 3.87. The molecule has 1 fully saturated rings. The predicted octanol–water partition coefficient (Wildman–Crippen LogP) is 3.87. The first kappa shape index (κ1) is 22.1. The highest BCUT2D eigenvalue weighted by atomic mass is 35.5. The fourth-order valence-corrected chi connectivity index (χ4v) is 3.98. The summed E-state index contributed by atoms with van der Waals surface area (Å²) in [5, 5.41) is 8.31. The molecule has 1 aliphatic heterocycles. The molecular formula is C22H27ClN4O3. The third-order valence-corrected chi connectivity index (χ3v) is 5.38. The smallest absolute Gasteiger partial charge is 0.259 e. The Morgan fingerprint density at radius 3 is 2.83 bits per heavy atom. The van der Waals surface area contributed by atoms with Gasteiger partial charge in [0.1, 0.15) is 5.75 Å². The standard InChI is InChI=1S/C22H26N4O3.ClH/c1-13(2)20-19-16(11-14(3)24-21(19)29-25-20)22(27)26-10-9-23-12-17(26)15-7-5-6-8-18(15)28-4;/h5-8,11,13,17,23H,9-10,12H2,1-4H3;1H. The van der Waals surface area contributed by atoms with E-state index in [4.69, 9.17) is 9.26 Å². The van der Waals surface area contributed by atoms with Crippen molar-refractivity contribution in [1.29, 1.82) is 0 Å². The number of pyridine rings is 1. The molecule has 1 N–H and O–H groups in total. The van der Waals surface area contributed by atoms with E-state index in [1.807, 2.05) is 56.0 Å². The number of hydrogen-bond acceptors (Lipinski definition) is 6. The van der Waals surface area contributed by atoms with Gasteiger partial charge in [0.25, 0.3) is 11.6 Å². The van der Waals surface area contributed by atoms with Crippen molar-refractivity contribution in [2.24, 2.45) is 0 Å². The van der Waals surface area contributed by atoms with Gasteiger partial charge in [-0.15, -0.1) is 12.4 Å². The highest BCUT2D eigenvalue weighted by molar-refractivity contribution is 6.06. The Kier molecular flexibility index (Phi) is 6.63. The molecule has 0 spiro atoms. The Bertz CT molecular complexity index is 1050. The van der Waals surface area contributed by atoms with Gasteiger partial charge in [-0.05, 0) is 25.0 Å². The number of carbonyl (C=O) groups excluding carboxylic acids is 1. The number of amides is 1. The van der Waals surface area contributed by atoms with Crippen molar-refractivity contribution in [3.63, 3.8) is 0 Å². The van der Waals surface area contributed by atoms with Gasteiger partial charge in [0.05, 0.1) is 29.8 Å². The fourth-order valence-electron chi connectivity index (χ4n) is 3.98. The van der Waals surface area contributed by atoms with Gasteiger partial charge in [0.2, 0.25) is 0 Å². The molecule has 8 heteroatoms. The molecule has 1 unspecified atom stereocenters. The summed E-state index contributed by atoms with van der Waals surface area (Å²) in [4.78, 5) is 20.1. The molecule has 0 radical (unpaired) electrons. The van der Waals surface area contributed by atoms with Crippen LogP contribution in [0.2, 0.25) is 0 Å². The molecular weight excluding hydrogens is 404 g/mol. The van der Waals surface area contributed by atoms with Crippen molar-refractivity contribution in [2.75, 3.05) is 26.7 Å². The number of hydrogen-bond donors (Lipinski definition) is 1. The second kappa shape index (κ2) is 9.02. The van der Waals surface area contributed by atoms with E-state index in [0.29, 0.717) is 29.8 Å².